The highest BCUT2D eigenvalue weighted by Crippen LogP contribution is 2.31. The van der Waals surface area contributed by atoms with Gasteiger partial charge in [-0.05, 0) is 55.9 Å². The fourth-order valence-electron chi connectivity index (χ4n) is 3.92. The number of likely N-dealkylation sites (N-methyl/N-ethyl adjacent to an activating group) is 1. The molecule has 0 saturated heterocycles. The fraction of sp³-hybridized carbons (Fsp3) is 0.318. The van der Waals surface area contributed by atoms with Gasteiger partial charge in [-0.25, -0.2) is 4.39 Å². The monoisotopic (exact) mass is 365 g/mol. The molecule has 5 heteroatoms. The van der Waals surface area contributed by atoms with Crippen LogP contribution in [0, 0.1) is 12.7 Å². The largest absolute Gasteiger partial charge is 0.344 e. The summed E-state index contributed by atoms with van der Waals surface area (Å²) in [4.78, 5) is 14.7. The minimum atomic E-state index is -0.307. The van der Waals surface area contributed by atoms with Crippen molar-refractivity contribution in [3.8, 4) is 0 Å². The molecule has 0 saturated carbocycles. The van der Waals surface area contributed by atoms with Gasteiger partial charge in [-0.2, -0.15) is 0 Å². The number of hydrogen-bond donors (Lipinski definition) is 1. The first-order valence-electron chi connectivity index (χ1n) is 9.36. The number of carbonyl (C=O) groups is 1. The van der Waals surface area contributed by atoms with Crippen molar-refractivity contribution in [3.05, 3.63) is 65.1 Å². The van der Waals surface area contributed by atoms with Crippen LogP contribution in [0.4, 0.5) is 10.1 Å². The van der Waals surface area contributed by atoms with Gasteiger partial charge in [0.25, 0.3) is 0 Å². The van der Waals surface area contributed by atoms with Crippen molar-refractivity contribution < 1.29 is 9.18 Å². The topological polar surface area (TPSA) is 37.3 Å². The molecule has 1 amide bonds. The lowest BCUT2D eigenvalue weighted by atomic mass is 10.0. The molecule has 4 rings (SSSR count). The van der Waals surface area contributed by atoms with Gasteiger partial charge < -0.3 is 14.8 Å². The van der Waals surface area contributed by atoms with Crippen molar-refractivity contribution in [1.82, 2.24) is 9.47 Å². The van der Waals surface area contributed by atoms with Gasteiger partial charge in [0.1, 0.15) is 5.82 Å². The van der Waals surface area contributed by atoms with Crippen LogP contribution >= 0.6 is 0 Å². The van der Waals surface area contributed by atoms with E-state index >= 15 is 0 Å². The van der Waals surface area contributed by atoms with Gasteiger partial charge in [-0.1, -0.05) is 11.6 Å². The predicted octanol–water partition coefficient (Wildman–Crippen LogP) is 4.11. The van der Waals surface area contributed by atoms with Gasteiger partial charge in [0.05, 0.1) is 0 Å². The molecule has 0 spiro atoms. The molecule has 140 valence electrons. The highest BCUT2D eigenvalue weighted by Gasteiger charge is 2.22. The first-order valence-corrected chi connectivity index (χ1v) is 9.36. The van der Waals surface area contributed by atoms with E-state index in [4.69, 9.17) is 0 Å². The summed E-state index contributed by atoms with van der Waals surface area (Å²) < 4.78 is 15.3. The Morgan fingerprint density at radius 1 is 1.19 bits per heavy atom. The van der Waals surface area contributed by atoms with Crippen LogP contribution in [0.15, 0.2) is 42.5 Å². The number of carbonyl (C=O) groups excluding carboxylic acids is 1. The van der Waals surface area contributed by atoms with E-state index in [1.165, 1.54) is 39.9 Å². The Morgan fingerprint density at radius 2 is 1.96 bits per heavy atom. The molecule has 0 bridgehead atoms. The van der Waals surface area contributed by atoms with Crippen LogP contribution in [0.5, 0.6) is 0 Å². The van der Waals surface area contributed by atoms with Crippen LogP contribution in [0.2, 0.25) is 0 Å². The number of benzene rings is 2. The maximum absolute atomic E-state index is 13.0. The average Bonchev–Trinajstić information content (AvgIpc) is 2.94. The lowest BCUT2D eigenvalue weighted by Gasteiger charge is -2.24. The summed E-state index contributed by atoms with van der Waals surface area (Å²) in [6.07, 6.45) is 1.39. The second kappa shape index (κ2) is 7.16. The third-order valence-electron chi connectivity index (χ3n) is 5.29. The smallest absolute Gasteiger partial charge is 0.226 e. The summed E-state index contributed by atoms with van der Waals surface area (Å²) >= 11 is 0. The van der Waals surface area contributed by atoms with Crippen molar-refractivity contribution in [1.29, 1.82) is 0 Å². The van der Waals surface area contributed by atoms with Gasteiger partial charge in [0, 0.05) is 54.8 Å². The zero-order chi connectivity index (χ0) is 19.0. The van der Waals surface area contributed by atoms with Gasteiger partial charge in [0.15, 0.2) is 0 Å². The van der Waals surface area contributed by atoms with Crippen molar-refractivity contribution >= 4 is 22.5 Å². The molecule has 27 heavy (non-hydrogen) atoms. The zero-order valence-corrected chi connectivity index (χ0v) is 15.8. The lowest BCUT2D eigenvalue weighted by Crippen LogP contribution is -2.27. The first-order chi connectivity index (χ1) is 13.0. The number of nitrogens with zero attached hydrogens (tertiary/aromatic N) is 2. The Bertz CT molecular complexity index is 991. The van der Waals surface area contributed by atoms with E-state index in [2.05, 4.69) is 47.0 Å². The minimum Gasteiger partial charge on any atom is -0.344 e. The maximum atomic E-state index is 13.0. The SMILES string of the molecule is Cc1ccc2c(c1)c1c(n2CCC(=O)Nc2ccc(F)cc2)CCN(C)C1. The second-order valence-electron chi connectivity index (χ2n) is 7.39. The molecule has 1 N–H and O–H groups in total. The summed E-state index contributed by atoms with van der Waals surface area (Å²) in [6.45, 7) is 4.74. The molecule has 1 aliphatic rings. The van der Waals surface area contributed by atoms with E-state index in [0.717, 1.165) is 19.5 Å². The zero-order valence-electron chi connectivity index (χ0n) is 15.8. The average molecular weight is 365 g/mol. The Morgan fingerprint density at radius 3 is 2.74 bits per heavy atom. The predicted molar refractivity (Wildman–Crippen MR) is 106 cm³/mol. The Balaban J connectivity index is 1.56. The van der Waals surface area contributed by atoms with Crippen molar-refractivity contribution in [3.63, 3.8) is 0 Å². The van der Waals surface area contributed by atoms with Gasteiger partial charge in [-0.15, -0.1) is 0 Å². The molecule has 0 atom stereocenters. The highest BCUT2D eigenvalue weighted by molar-refractivity contribution is 5.91. The molecule has 0 radical (unpaired) electrons. The van der Waals surface area contributed by atoms with E-state index in [0.29, 0.717) is 18.7 Å². The number of hydrogen-bond acceptors (Lipinski definition) is 2. The summed E-state index contributed by atoms with van der Waals surface area (Å²) in [5.41, 5.74) is 5.82. The molecule has 1 aromatic heterocycles. The fourth-order valence-corrected chi connectivity index (χ4v) is 3.92. The number of aromatic nitrogens is 1. The van der Waals surface area contributed by atoms with E-state index in [9.17, 15) is 9.18 Å². The molecule has 1 aliphatic heterocycles. The normalized spacial score (nSPS) is 14.3. The standard InChI is InChI=1S/C22H24FN3O/c1-15-3-8-20-18(13-15)19-14-25(2)11-9-21(19)26(20)12-10-22(27)24-17-6-4-16(23)5-7-17/h3-8,13H,9-12,14H2,1-2H3,(H,24,27). The molecule has 4 nitrogen and oxygen atoms in total. The summed E-state index contributed by atoms with van der Waals surface area (Å²) in [7, 11) is 2.15. The molecule has 2 aromatic carbocycles. The second-order valence-corrected chi connectivity index (χ2v) is 7.39. The number of aryl methyl sites for hydroxylation is 2. The Hall–Kier alpha value is -2.66. The minimum absolute atomic E-state index is 0.0581. The van der Waals surface area contributed by atoms with Crippen LogP contribution in [0.1, 0.15) is 23.2 Å². The van der Waals surface area contributed by atoms with Crippen molar-refractivity contribution in [2.75, 3.05) is 18.9 Å². The first kappa shape index (κ1) is 17.7. The van der Waals surface area contributed by atoms with Gasteiger partial charge in [-0.3, -0.25) is 4.79 Å². The third-order valence-corrected chi connectivity index (χ3v) is 5.29. The summed E-state index contributed by atoms with van der Waals surface area (Å²) in [5.74, 6) is -0.365. The molecule has 0 aliphatic carbocycles. The molecule has 3 aromatic rings. The number of halogens is 1. The van der Waals surface area contributed by atoms with Gasteiger partial charge in [0.2, 0.25) is 5.91 Å². The van der Waals surface area contributed by atoms with Crippen LogP contribution in [-0.4, -0.2) is 29.0 Å². The van der Waals surface area contributed by atoms with E-state index in [-0.39, 0.29) is 11.7 Å². The number of fused-ring (bicyclic) bond motifs is 3. The van der Waals surface area contributed by atoms with Crippen LogP contribution in [0.3, 0.4) is 0 Å². The Kier molecular flexibility index (Phi) is 4.70. The van der Waals surface area contributed by atoms with Gasteiger partial charge >= 0.3 is 0 Å². The van der Waals surface area contributed by atoms with Crippen LogP contribution < -0.4 is 5.32 Å². The molecular formula is C22H24FN3O. The van der Waals surface area contributed by atoms with E-state index in [1.54, 1.807) is 12.1 Å². The quantitative estimate of drug-likeness (QED) is 0.756. The molecule has 2 heterocycles. The third kappa shape index (κ3) is 3.60. The number of anilines is 1. The number of rotatable bonds is 4. The lowest BCUT2D eigenvalue weighted by molar-refractivity contribution is -0.116. The molecular weight excluding hydrogens is 341 g/mol. The molecule has 0 fully saturated rings. The number of amides is 1. The number of nitrogens with one attached hydrogen (secondary N) is 1. The summed E-state index contributed by atoms with van der Waals surface area (Å²) in [6, 6.07) is 12.4. The molecule has 0 unspecified atom stereocenters. The van der Waals surface area contributed by atoms with E-state index < -0.39 is 0 Å². The van der Waals surface area contributed by atoms with E-state index in [1.807, 2.05) is 0 Å². The van der Waals surface area contributed by atoms with Crippen molar-refractivity contribution in [2.45, 2.75) is 32.9 Å². The Labute approximate surface area is 158 Å². The van der Waals surface area contributed by atoms with Crippen molar-refractivity contribution in [2.24, 2.45) is 0 Å². The highest BCUT2D eigenvalue weighted by atomic mass is 19.1. The van der Waals surface area contributed by atoms with Crippen LogP contribution in [-0.2, 0) is 24.3 Å². The van der Waals surface area contributed by atoms with Crippen LogP contribution in [0.25, 0.3) is 10.9 Å². The summed E-state index contributed by atoms with van der Waals surface area (Å²) in [5, 5.41) is 4.15. The maximum Gasteiger partial charge on any atom is 0.226 e.